The van der Waals surface area contributed by atoms with E-state index in [0.717, 1.165) is 6.42 Å². The molecule has 0 fully saturated rings. The van der Waals surface area contributed by atoms with E-state index in [1.165, 1.54) is 31.0 Å². The van der Waals surface area contributed by atoms with Gasteiger partial charge in [0.05, 0.1) is 18.2 Å². The van der Waals surface area contributed by atoms with Gasteiger partial charge in [0, 0.05) is 11.6 Å². The maximum absolute atomic E-state index is 11.8. The van der Waals surface area contributed by atoms with Crippen LogP contribution in [-0.4, -0.2) is 30.8 Å². The Morgan fingerprint density at radius 3 is 2.61 bits per heavy atom. The number of hydrogen-bond donors (Lipinski definition) is 1. The second kappa shape index (κ2) is 10.1. The summed E-state index contributed by atoms with van der Waals surface area (Å²) < 4.78 is 10.4. The number of rotatable bonds is 9. The lowest BCUT2D eigenvalue weighted by molar-refractivity contribution is -0.385. The van der Waals surface area contributed by atoms with Gasteiger partial charge in [-0.1, -0.05) is 26.0 Å². The van der Waals surface area contributed by atoms with Crippen molar-refractivity contribution in [2.45, 2.75) is 26.2 Å². The summed E-state index contributed by atoms with van der Waals surface area (Å²) in [4.78, 5) is 22.3. The predicted octanol–water partition coefficient (Wildman–Crippen LogP) is 3.65. The summed E-state index contributed by atoms with van der Waals surface area (Å²) >= 11 is 0. The van der Waals surface area contributed by atoms with Gasteiger partial charge in [-0.3, -0.25) is 14.9 Å². The number of nitro benzene ring substituents is 1. The molecule has 0 heterocycles. The monoisotopic (exact) mass is 385 g/mol. The van der Waals surface area contributed by atoms with Crippen LogP contribution in [0.1, 0.15) is 37.3 Å². The first-order chi connectivity index (χ1) is 13.4. The number of hydrazone groups is 1. The zero-order chi connectivity index (χ0) is 20.5. The van der Waals surface area contributed by atoms with Crippen molar-refractivity contribution in [3.63, 3.8) is 0 Å². The molecular weight excluding hydrogens is 362 g/mol. The average molecular weight is 385 g/mol. The van der Waals surface area contributed by atoms with Crippen molar-refractivity contribution in [1.82, 2.24) is 5.43 Å². The number of carbonyl (C=O) groups excluding carboxylic acids is 1. The lowest BCUT2D eigenvalue weighted by Gasteiger charge is -2.10. The number of nitrogens with one attached hydrogen (secondary N) is 1. The highest BCUT2D eigenvalue weighted by molar-refractivity contribution is 5.84. The molecule has 0 unspecified atom stereocenters. The fourth-order valence-corrected chi connectivity index (χ4v) is 2.42. The van der Waals surface area contributed by atoms with Crippen LogP contribution in [0.25, 0.3) is 0 Å². The number of methoxy groups -OCH3 is 1. The molecule has 0 aromatic heterocycles. The van der Waals surface area contributed by atoms with Gasteiger partial charge in [-0.2, -0.15) is 5.10 Å². The Labute approximate surface area is 163 Å². The quantitative estimate of drug-likeness (QED) is 0.403. The minimum atomic E-state index is -0.547. The molecule has 0 aliphatic heterocycles. The molecule has 2 rings (SSSR count). The molecule has 0 aliphatic rings. The Hall–Kier alpha value is -3.42. The van der Waals surface area contributed by atoms with Crippen LogP contribution >= 0.6 is 0 Å². The van der Waals surface area contributed by atoms with E-state index in [2.05, 4.69) is 24.4 Å². The van der Waals surface area contributed by atoms with E-state index in [1.807, 2.05) is 24.3 Å². The number of nitro groups is 1. The molecule has 0 aliphatic carbocycles. The van der Waals surface area contributed by atoms with Crippen LogP contribution in [0.15, 0.2) is 47.6 Å². The summed E-state index contributed by atoms with van der Waals surface area (Å²) in [5.41, 5.74) is 3.82. The molecule has 0 saturated heterocycles. The van der Waals surface area contributed by atoms with Crippen LogP contribution in [0, 0.1) is 10.1 Å². The van der Waals surface area contributed by atoms with Crippen molar-refractivity contribution in [2.75, 3.05) is 13.7 Å². The number of ether oxygens (including phenoxy) is 2. The molecule has 0 bridgehead atoms. The predicted molar refractivity (Wildman–Crippen MR) is 106 cm³/mol. The number of amides is 1. The highest BCUT2D eigenvalue weighted by Crippen LogP contribution is 2.26. The Morgan fingerprint density at radius 2 is 2.00 bits per heavy atom. The summed E-state index contributed by atoms with van der Waals surface area (Å²) in [5.74, 6) is 0.779. The van der Waals surface area contributed by atoms with Crippen molar-refractivity contribution < 1.29 is 19.2 Å². The second-order valence-corrected chi connectivity index (χ2v) is 6.15. The summed E-state index contributed by atoms with van der Waals surface area (Å²) in [6.45, 7) is 4.09. The molecule has 0 spiro atoms. The van der Waals surface area contributed by atoms with Crippen molar-refractivity contribution in [1.29, 1.82) is 0 Å². The molecule has 0 saturated carbocycles. The summed E-state index contributed by atoms with van der Waals surface area (Å²) in [7, 11) is 1.36. The summed E-state index contributed by atoms with van der Waals surface area (Å²) in [5, 5.41) is 14.8. The second-order valence-electron chi connectivity index (χ2n) is 6.15. The Balaban J connectivity index is 1.87. The van der Waals surface area contributed by atoms with Crippen molar-refractivity contribution in [3.8, 4) is 11.5 Å². The van der Waals surface area contributed by atoms with Crippen molar-refractivity contribution in [2.24, 2.45) is 5.10 Å². The zero-order valence-electron chi connectivity index (χ0n) is 16.0. The molecule has 1 atom stereocenters. The maximum Gasteiger partial charge on any atom is 0.311 e. The normalized spacial score (nSPS) is 11.8. The third-order valence-electron chi connectivity index (χ3n) is 4.23. The molecule has 1 N–H and O–H groups in total. The Bertz CT molecular complexity index is 849. The average Bonchev–Trinajstić information content (AvgIpc) is 2.71. The molecule has 1 amide bonds. The van der Waals surface area contributed by atoms with E-state index in [1.54, 1.807) is 6.07 Å². The molecule has 148 valence electrons. The van der Waals surface area contributed by atoms with Crippen molar-refractivity contribution in [3.05, 3.63) is 63.7 Å². The van der Waals surface area contributed by atoms with Gasteiger partial charge in [-0.15, -0.1) is 0 Å². The highest BCUT2D eigenvalue weighted by atomic mass is 16.6. The number of benzene rings is 2. The topological polar surface area (TPSA) is 103 Å². The van der Waals surface area contributed by atoms with Crippen LogP contribution in [0.5, 0.6) is 11.5 Å². The largest absolute Gasteiger partial charge is 0.490 e. The minimum absolute atomic E-state index is 0.152. The van der Waals surface area contributed by atoms with Gasteiger partial charge in [-0.05, 0) is 42.2 Å². The van der Waals surface area contributed by atoms with Crippen LogP contribution in [0.3, 0.4) is 0 Å². The van der Waals surface area contributed by atoms with Crippen LogP contribution in [0.4, 0.5) is 5.69 Å². The van der Waals surface area contributed by atoms with E-state index in [-0.39, 0.29) is 18.0 Å². The molecule has 8 heteroatoms. The van der Waals surface area contributed by atoms with Gasteiger partial charge in [-0.25, -0.2) is 5.43 Å². The molecule has 28 heavy (non-hydrogen) atoms. The summed E-state index contributed by atoms with van der Waals surface area (Å²) in [6, 6.07) is 12.0. The van der Waals surface area contributed by atoms with Gasteiger partial charge < -0.3 is 9.47 Å². The smallest absolute Gasteiger partial charge is 0.311 e. The van der Waals surface area contributed by atoms with Gasteiger partial charge in [0.25, 0.3) is 5.91 Å². The third-order valence-corrected chi connectivity index (χ3v) is 4.23. The van der Waals surface area contributed by atoms with E-state index in [9.17, 15) is 14.9 Å². The van der Waals surface area contributed by atoms with Crippen LogP contribution in [0.2, 0.25) is 0 Å². The molecule has 8 nitrogen and oxygen atoms in total. The minimum Gasteiger partial charge on any atom is -0.490 e. The molecular formula is C20H23N3O5. The van der Waals surface area contributed by atoms with Gasteiger partial charge >= 0.3 is 5.69 Å². The van der Waals surface area contributed by atoms with E-state index < -0.39 is 10.8 Å². The first kappa shape index (κ1) is 20.9. The maximum atomic E-state index is 11.8. The number of carbonyl (C=O) groups is 1. The highest BCUT2D eigenvalue weighted by Gasteiger charge is 2.14. The van der Waals surface area contributed by atoms with E-state index in [0.29, 0.717) is 17.2 Å². The molecule has 0 radical (unpaired) electrons. The Morgan fingerprint density at radius 1 is 1.29 bits per heavy atom. The standard InChI is InChI=1S/C20H23N3O5/c1-4-14(2)16-6-8-17(9-7-16)28-13-20(24)22-21-12-15-5-10-19(27-3)18(11-15)23(25)26/h5-12,14H,4,13H2,1-3H3,(H,22,24)/t14-/m0/s1. The van der Waals surface area contributed by atoms with Gasteiger partial charge in [0.1, 0.15) is 5.75 Å². The number of nitrogens with zero attached hydrogens (tertiary/aromatic N) is 2. The fourth-order valence-electron chi connectivity index (χ4n) is 2.42. The van der Waals surface area contributed by atoms with E-state index in [4.69, 9.17) is 9.47 Å². The first-order valence-electron chi connectivity index (χ1n) is 8.81. The lowest BCUT2D eigenvalue weighted by atomic mass is 9.99. The van der Waals surface area contributed by atoms with Crippen LogP contribution < -0.4 is 14.9 Å². The zero-order valence-corrected chi connectivity index (χ0v) is 16.0. The fraction of sp³-hybridized carbons (Fsp3) is 0.300. The lowest BCUT2D eigenvalue weighted by Crippen LogP contribution is -2.24. The molecule has 2 aromatic carbocycles. The van der Waals surface area contributed by atoms with Gasteiger partial charge in [0.2, 0.25) is 0 Å². The van der Waals surface area contributed by atoms with Crippen LogP contribution in [-0.2, 0) is 4.79 Å². The number of hydrogen-bond acceptors (Lipinski definition) is 6. The van der Waals surface area contributed by atoms with E-state index >= 15 is 0 Å². The molecule has 2 aromatic rings. The Kier molecular flexibility index (Phi) is 7.50. The van der Waals surface area contributed by atoms with Gasteiger partial charge in [0.15, 0.2) is 12.4 Å². The first-order valence-corrected chi connectivity index (χ1v) is 8.81. The van der Waals surface area contributed by atoms with Crippen molar-refractivity contribution >= 4 is 17.8 Å². The third kappa shape index (κ3) is 5.80. The SMILES string of the molecule is CC[C@H](C)c1ccc(OCC(=O)NN=Cc2ccc(OC)c([N+](=O)[O-])c2)cc1. The summed E-state index contributed by atoms with van der Waals surface area (Å²) in [6.07, 6.45) is 2.36.